The molecule has 1 atom stereocenters. The second-order valence-corrected chi connectivity index (χ2v) is 6.68. The molecular weight excluding hydrogens is 305 g/mol. The average Bonchev–Trinajstić information content (AvgIpc) is 3.17. The smallest absolute Gasteiger partial charge is 0.141 e. The fraction of sp³-hybridized carbons (Fsp3) is 0.316. The molecule has 2 aromatic heterocycles. The van der Waals surface area contributed by atoms with Crippen LogP contribution in [0.4, 0.5) is 4.39 Å². The lowest BCUT2D eigenvalue weighted by Crippen LogP contribution is -2.35. The van der Waals surface area contributed by atoms with E-state index in [0.29, 0.717) is 13.0 Å². The summed E-state index contributed by atoms with van der Waals surface area (Å²) in [4.78, 5) is 6.67. The molecule has 1 aliphatic heterocycles. The summed E-state index contributed by atoms with van der Waals surface area (Å²) >= 11 is 0. The summed E-state index contributed by atoms with van der Waals surface area (Å²) in [5, 5.41) is 10.9. The van der Waals surface area contributed by atoms with E-state index in [4.69, 9.17) is 0 Å². The third-order valence-corrected chi connectivity index (χ3v) is 4.75. The van der Waals surface area contributed by atoms with Crippen molar-refractivity contribution < 1.29 is 9.50 Å². The zero-order valence-electron chi connectivity index (χ0n) is 13.4. The number of hydrogen-bond donors (Lipinski definition) is 1. The zero-order valence-corrected chi connectivity index (χ0v) is 13.4. The fourth-order valence-corrected chi connectivity index (χ4v) is 3.57. The highest BCUT2D eigenvalue weighted by molar-refractivity contribution is 5.47. The molecule has 0 spiro atoms. The highest BCUT2D eigenvalue weighted by Gasteiger charge is 2.36. The molecule has 24 heavy (non-hydrogen) atoms. The number of fused-ring (bicyclic) bond motifs is 1. The van der Waals surface area contributed by atoms with Crippen molar-refractivity contribution in [1.82, 2.24) is 14.3 Å². The second-order valence-electron chi connectivity index (χ2n) is 6.68. The molecule has 4 rings (SSSR count). The molecule has 1 saturated heterocycles. The molecule has 3 heterocycles. The van der Waals surface area contributed by atoms with Crippen LogP contribution in [0.15, 0.2) is 55.0 Å². The quantitative estimate of drug-likeness (QED) is 0.802. The molecule has 0 bridgehead atoms. The van der Waals surface area contributed by atoms with Crippen molar-refractivity contribution in [2.45, 2.75) is 25.0 Å². The van der Waals surface area contributed by atoms with Gasteiger partial charge in [-0.2, -0.15) is 0 Å². The number of pyridine rings is 1. The van der Waals surface area contributed by atoms with Crippen LogP contribution < -0.4 is 0 Å². The second kappa shape index (κ2) is 6.00. The minimum atomic E-state index is -0.752. The van der Waals surface area contributed by atoms with Crippen LogP contribution in [0.5, 0.6) is 0 Å². The van der Waals surface area contributed by atoms with E-state index in [-0.39, 0.29) is 5.82 Å². The number of halogens is 1. The van der Waals surface area contributed by atoms with E-state index < -0.39 is 5.60 Å². The summed E-state index contributed by atoms with van der Waals surface area (Å²) in [6, 6.07) is 10.5. The predicted octanol–water partition coefficient (Wildman–Crippen LogP) is 2.65. The molecule has 3 aromatic rings. The largest absolute Gasteiger partial charge is 0.388 e. The first-order valence-corrected chi connectivity index (χ1v) is 8.21. The Kier molecular flexibility index (Phi) is 3.82. The van der Waals surface area contributed by atoms with Gasteiger partial charge in [0, 0.05) is 50.2 Å². The minimum absolute atomic E-state index is 0.244. The van der Waals surface area contributed by atoms with E-state index in [1.165, 1.54) is 12.1 Å². The topological polar surface area (TPSA) is 40.8 Å². The first kappa shape index (κ1) is 15.3. The standard InChI is InChI=1S/C19H20FN3O/c20-17-5-3-15(4-6-17)12-19(24)7-10-22(14-19)13-16-2-1-9-23-11-8-21-18(16)23/h1-6,8-9,11,24H,7,10,12-14H2. The summed E-state index contributed by atoms with van der Waals surface area (Å²) in [7, 11) is 0. The molecule has 0 aliphatic carbocycles. The van der Waals surface area contributed by atoms with Crippen molar-refractivity contribution in [1.29, 1.82) is 0 Å². The Labute approximate surface area is 140 Å². The lowest BCUT2D eigenvalue weighted by Gasteiger charge is -2.23. The van der Waals surface area contributed by atoms with Crippen molar-refractivity contribution in [3.63, 3.8) is 0 Å². The molecule has 124 valence electrons. The molecule has 0 amide bonds. The van der Waals surface area contributed by atoms with Crippen LogP contribution in [-0.2, 0) is 13.0 Å². The van der Waals surface area contributed by atoms with E-state index in [2.05, 4.69) is 16.0 Å². The molecule has 1 fully saturated rings. The molecule has 0 radical (unpaired) electrons. The molecular formula is C19H20FN3O. The van der Waals surface area contributed by atoms with Gasteiger partial charge in [0.25, 0.3) is 0 Å². The van der Waals surface area contributed by atoms with E-state index >= 15 is 0 Å². The Bertz CT molecular complexity index is 845. The Morgan fingerprint density at radius 1 is 1.17 bits per heavy atom. The van der Waals surface area contributed by atoms with Gasteiger partial charge in [-0.25, -0.2) is 9.37 Å². The Morgan fingerprint density at radius 3 is 2.83 bits per heavy atom. The number of rotatable bonds is 4. The van der Waals surface area contributed by atoms with Gasteiger partial charge in [0.15, 0.2) is 0 Å². The Balaban J connectivity index is 1.46. The van der Waals surface area contributed by atoms with Crippen LogP contribution in [0, 0.1) is 5.82 Å². The van der Waals surface area contributed by atoms with Gasteiger partial charge in [-0.05, 0) is 30.2 Å². The highest BCUT2D eigenvalue weighted by Crippen LogP contribution is 2.27. The van der Waals surface area contributed by atoms with Gasteiger partial charge >= 0.3 is 0 Å². The van der Waals surface area contributed by atoms with Gasteiger partial charge in [-0.3, -0.25) is 4.90 Å². The van der Waals surface area contributed by atoms with Gasteiger partial charge in [0.1, 0.15) is 11.5 Å². The van der Waals surface area contributed by atoms with Crippen molar-refractivity contribution in [3.05, 3.63) is 71.9 Å². The van der Waals surface area contributed by atoms with Crippen molar-refractivity contribution >= 4 is 5.65 Å². The van der Waals surface area contributed by atoms with Gasteiger partial charge in [-0.1, -0.05) is 18.2 Å². The maximum absolute atomic E-state index is 13.0. The van der Waals surface area contributed by atoms with Crippen LogP contribution in [0.2, 0.25) is 0 Å². The number of benzene rings is 1. The van der Waals surface area contributed by atoms with Crippen LogP contribution in [0.1, 0.15) is 17.5 Å². The van der Waals surface area contributed by atoms with E-state index in [9.17, 15) is 9.50 Å². The summed E-state index contributed by atoms with van der Waals surface area (Å²) < 4.78 is 15.0. The van der Waals surface area contributed by atoms with E-state index in [1.807, 2.05) is 22.9 Å². The van der Waals surface area contributed by atoms with Gasteiger partial charge in [0.05, 0.1) is 5.60 Å². The summed E-state index contributed by atoms with van der Waals surface area (Å²) in [6.07, 6.45) is 7.00. The molecule has 1 N–H and O–H groups in total. The van der Waals surface area contributed by atoms with Gasteiger partial charge < -0.3 is 9.51 Å². The Morgan fingerprint density at radius 2 is 2.00 bits per heavy atom. The average molecular weight is 325 g/mol. The fourth-order valence-electron chi connectivity index (χ4n) is 3.57. The number of aromatic nitrogens is 2. The zero-order chi connectivity index (χ0) is 16.6. The monoisotopic (exact) mass is 325 g/mol. The number of nitrogens with zero attached hydrogens (tertiary/aromatic N) is 3. The molecule has 1 aromatic carbocycles. The van der Waals surface area contributed by atoms with Crippen molar-refractivity contribution in [2.24, 2.45) is 0 Å². The molecule has 5 heteroatoms. The Hall–Kier alpha value is -2.24. The molecule has 0 saturated carbocycles. The van der Waals surface area contributed by atoms with Gasteiger partial charge in [0.2, 0.25) is 0 Å². The summed E-state index contributed by atoms with van der Waals surface area (Å²) in [5.41, 5.74) is 2.34. The lowest BCUT2D eigenvalue weighted by atomic mass is 9.94. The molecule has 1 unspecified atom stereocenters. The van der Waals surface area contributed by atoms with Crippen LogP contribution in [0.25, 0.3) is 5.65 Å². The normalized spacial score (nSPS) is 21.6. The number of aliphatic hydroxyl groups is 1. The number of imidazole rings is 1. The first-order chi connectivity index (χ1) is 11.6. The summed E-state index contributed by atoms with van der Waals surface area (Å²) in [6.45, 7) is 2.23. The predicted molar refractivity (Wildman–Crippen MR) is 90.1 cm³/mol. The maximum Gasteiger partial charge on any atom is 0.141 e. The molecule has 1 aliphatic rings. The number of likely N-dealkylation sites (tertiary alicyclic amines) is 1. The van der Waals surface area contributed by atoms with Crippen molar-refractivity contribution in [2.75, 3.05) is 13.1 Å². The maximum atomic E-state index is 13.0. The van der Waals surface area contributed by atoms with E-state index in [0.717, 1.165) is 36.3 Å². The third-order valence-electron chi connectivity index (χ3n) is 4.75. The minimum Gasteiger partial charge on any atom is -0.388 e. The highest BCUT2D eigenvalue weighted by atomic mass is 19.1. The number of β-amino-alcohol motifs (C(OH)–C–C–N with tert-alkyl or cyclic N) is 1. The van der Waals surface area contributed by atoms with Crippen LogP contribution >= 0.6 is 0 Å². The first-order valence-electron chi connectivity index (χ1n) is 8.21. The van der Waals surface area contributed by atoms with E-state index in [1.54, 1.807) is 18.3 Å². The van der Waals surface area contributed by atoms with Crippen LogP contribution in [0.3, 0.4) is 0 Å². The van der Waals surface area contributed by atoms with Crippen LogP contribution in [-0.4, -0.2) is 38.1 Å². The van der Waals surface area contributed by atoms with Crippen molar-refractivity contribution in [3.8, 4) is 0 Å². The summed E-state index contributed by atoms with van der Waals surface area (Å²) in [5.74, 6) is -0.244. The lowest BCUT2D eigenvalue weighted by molar-refractivity contribution is 0.0488. The van der Waals surface area contributed by atoms with Gasteiger partial charge in [-0.15, -0.1) is 0 Å². The number of hydrogen-bond acceptors (Lipinski definition) is 3. The SMILES string of the molecule is OC1(Cc2ccc(F)cc2)CCN(Cc2cccn3ccnc23)C1. The molecule has 4 nitrogen and oxygen atoms in total. The third kappa shape index (κ3) is 3.05.